The third kappa shape index (κ3) is 5.52. The first-order valence-electron chi connectivity index (χ1n) is 11.0. The second-order valence-corrected chi connectivity index (χ2v) is 8.21. The molecule has 3 aromatic carbocycles. The molecule has 7 nitrogen and oxygen atoms in total. The van der Waals surface area contributed by atoms with Gasteiger partial charge in [-0.15, -0.1) is 0 Å². The number of para-hydroxylation sites is 2. The van der Waals surface area contributed by atoms with E-state index in [1.807, 2.05) is 59.5 Å². The highest BCUT2D eigenvalue weighted by Gasteiger charge is 2.23. The van der Waals surface area contributed by atoms with E-state index in [0.29, 0.717) is 43.1 Å². The molecular weight excluding hydrogens is 448 g/mol. The summed E-state index contributed by atoms with van der Waals surface area (Å²) < 4.78 is 5.18. The molecule has 1 fully saturated rings. The molecule has 0 saturated carbocycles. The number of carbonyl (C=O) groups excluding carboxylic acids is 2. The van der Waals surface area contributed by atoms with Crippen molar-refractivity contribution in [3.8, 4) is 5.75 Å². The molecule has 0 spiro atoms. The van der Waals surface area contributed by atoms with E-state index in [4.69, 9.17) is 17.0 Å². The summed E-state index contributed by atoms with van der Waals surface area (Å²) >= 11 is 5.40. The van der Waals surface area contributed by atoms with Crippen molar-refractivity contribution in [2.75, 3.05) is 43.5 Å². The lowest BCUT2D eigenvalue weighted by molar-refractivity contribution is 0.0746. The number of methoxy groups -OCH3 is 1. The summed E-state index contributed by atoms with van der Waals surface area (Å²) in [4.78, 5) is 29.4. The molecule has 4 rings (SSSR count). The third-order valence-electron chi connectivity index (χ3n) is 5.64. The van der Waals surface area contributed by atoms with Crippen LogP contribution < -0.4 is 20.3 Å². The molecule has 8 heteroatoms. The van der Waals surface area contributed by atoms with Gasteiger partial charge in [0.15, 0.2) is 5.11 Å². The maximum absolute atomic E-state index is 12.7. The quantitative estimate of drug-likeness (QED) is 0.549. The van der Waals surface area contributed by atoms with Crippen LogP contribution in [0.2, 0.25) is 0 Å². The molecule has 0 aromatic heterocycles. The van der Waals surface area contributed by atoms with Gasteiger partial charge in [-0.25, -0.2) is 0 Å². The van der Waals surface area contributed by atoms with E-state index in [0.717, 1.165) is 11.4 Å². The molecule has 1 aliphatic rings. The molecule has 1 aliphatic heterocycles. The fourth-order valence-corrected chi connectivity index (χ4v) is 4.06. The minimum Gasteiger partial charge on any atom is -0.497 e. The van der Waals surface area contributed by atoms with Crippen LogP contribution in [0.25, 0.3) is 0 Å². The van der Waals surface area contributed by atoms with Crippen molar-refractivity contribution >= 4 is 40.5 Å². The lowest BCUT2D eigenvalue weighted by Gasteiger charge is -2.37. The van der Waals surface area contributed by atoms with Crippen molar-refractivity contribution in [3.05, 3.63) is 90.0 Å². The van der Waals surface area contributed by atoms with Gasteiger partial charge < -0.3 is 19.9 Å². The van der Waals surface area contributed by atoms with Crippen molar-refractivity contribution < 1.29 is 14.3 Å². The number of thiocarbonyl (C=S) groups is 1. The molecule has 0 radical (unpaired) electrons. The molecule has 174 valence electrons. The molecule has 1 saturated heterocycles. The summed E-state index contributed by atoms with van der Waals surface area (Å²) in [6.07, 6.45) is 0. The number of hydrogen-bond acceptors (Lipinski definition) is 5. The van der Waals surface area contributed by atoms with Crippen LogP contribution in [0.3, 0.4) is 0 Å². The van der Waals surface area contributed by atoms with Crippen LogP contribution in [-0.2, 0) is 0 Å². The Morgan fingerprint density at radius 2 is 1.53 bits per heavy atom. The Morgan fingerprint density at radius 3 is 2.26 bits per heavy atom. The maximum atomic E-state index is 12.7. The molecule has 34 heavy (non-hydrogen) atoms. The summed E-state index contributed by atoms with van der Waals surface area (Å²) in [5.74, 6) is 0.330. The van der Waals surface area contributed by atoms with Gasteiger partial charge >= 0.3 is 0 Å². The van der Waals surface area contributed by atoms with E-state index < -0.39 is 0 Å². The number of benzene rings is 3. The maximum Gasteiger partial charge on any atom is 0.257 e. The van der Waals surface area contributed by atoms with Crippen molar-refractivity contribution in [1.82, 2.24) is 10.2 Å². The number of nitrogens with one attached hydrogen (secondary N) is 2. The summed E-state index contributed by atoms with van der Waals surface area (Å²) in [5, 5.41) is 6.07. The van der Waals surface area contributed by atoms with Gasteiger partial charge in [-0.3, -0.25) is 14.9 Å². The molecule has 0 unspecified atom stereocenters. The predicted molar refractivity (Wildman–Crippen MR) is 138 cm³/mol. The monoisotopic (exact) mass is 474 g/mol. The Kier molecular flexibility index (Phi) is 7.39. The average Bonchev–Trinajstić information content (AvgIpc) is 2.89. The largest absolute Gasteiger partial charge is 0.497 e. The lowest BCUT2D eigenvalue weighted by Crippen LogP contribution is -2.49. The molecule has 1 heterocycles. The van der Waals surface area contributed by atoms with Crippen LogP contribution in [0.4, 0.5) is 11.4 Å². The number of nitrogens with zero attached hydrogens (tertiary/aromatic N) is 2. The van der Waals surface area contributed by atoms with E-state index in [1.54, 1.807) is 31.4 Å². The molecule has 0 atom stereocenters. The number of hydrogen-bond donors (Lipinski definition) is 2. The third-order valence-corrected chi connectivity index (χ3v) is 5.84. The SMILES string of the molecule is COc1cccc(C(=O)NC(=S)Nc2ccccc2N2CCN(C(=O)c3ccccc3)CC2)c1. The van der Waals surface area contributed by atoms with Gasteiger partial charge in [-0.05, 0) is 54.7 Å². The highest BCUT2D eigenvalue weighted by atomic mass is 32.1. The average molecular weight is 475 g/mol. The topological polar surface area (TPSA) is 73.9 Å². The van der Waals surface area contributed by atoms with E-state index in [1.165, 1.54) is 0 Å². The molecule has 0 bridgehead atoms. The van der Waals surface area contributed by atoms with Gasteiger partial charge in [0, 0.05) is 37.3 Å². The standard InChI is InChI=1S/C26H26N4O3S/c1-33-21-11-7-10-20(18-21)24(31)28-26(34)27-22-12-5-6-13-23(22)29-14-16-30(17-15-29)25(32)19-8-3-2-4-9-19/h2-13,18H,14-17H2,1H3,(H2,27,28,31,34). The van der Waals surface area contributed by atoms with Crippen molar-refractivity contribution in [1.29, 1.82) is 0 Å². The van der Waals surface area contributed by atoms with E-state index >= 15 is 0 Å². The molecule has 3 aromatic rings. The number of rotatable bonds is 5. The van der Waals surface area contributed by atoms with Crippen LogP contribution in [0.1, 0.15) is 20.7 Å². The Hall–Kier alpha value is -3.91. The molecule has 2 N–H and O–H groups in total. The Bertz CT molecular complexity index is 1180. The van der Waals surface area contributed by atoms with Gasteiger partial charge in [0.05, 0.1) is 18.5 Å². The van der Waals surface area contributed by atoms with E-state index in [2.05, 4.69) is 15.5 Å². The first-order chi connectivity index (χ1) is 16.5. The molecule has 2 amide bonds. The van der Waals surface area contributed by atoms with Crippen molar-refractivity contribution in [3.63, 3.8) is 0 Å². The Morgan fingerprint density at radius 1 is 0.853 bits per heavy atom. The Labute approximate surface area is 204 Å². The van der Waals surface area contributed by atoms with E-state index in [9.17, 15) is 9.59 Å². The lowest BCUT2D eigenvalue weighted by atomic mass is 10.1. The highest BCUT2D eigenvalue weighted by molar-refractivity contribution is 7.80. The first-order valence-corrected chi connectivity index (χ1v) is 11.4. The van der Waals surface area contributed by atoms with Crippen LogP contribution in [0, 0.1) is 0 Å². The van der Waals surface area contributed by atoms with E-state index in [-0.39, 0.29) is 16.9 Å². The summed E-state index contributed by atoms with van der Waals surface area (Å²) in [6, 6.07) is 24.0. The smallest absolute Gasteiger partial charge is 0.257 e. The van der Waals surface area contributed by atoms with Gasteiger partial charge in [-0.1, -0.05) is 36.4 Å². The van der Waals surface area contributed by atoms with Crippen molar-refractivity contribution in [2.45, 2.75) is 0 Å². The highest BCUT2D eigenvalue weighted by Crippen LogP contribution is 2.27. The summed E-state index contributed by atoms with van der Waals surface area (Å²) in [7, 11) is 1.55. The fraction of sp³-hybridized carbons (Fsp3) is 0.192. The van der Waals surface area contributed by atoms with Gasteiger partial charge in [-0.2, -0.15) is 0 Å². The minimum atomic E-state index is -0.318. The van der Waals surface area contributed by atoms with Gasteiger partial charge in [0.25, 0.3) is 11.8 Å². The van der Waals surface area contributed by atoms with Gasteiger partial charge in [0.1, 0.15) is 5.75 Å². The Balaban J connectivity index is 1.38. The molecule has 0 aliphatic carbocycles. The zero-order chi connectivity index (χ0) is 23.9. The van der Waals surface area contributed by atoms with Gasteiger partial charge in [0.2, 0.25) is 0 Å². The molecular formula is C26H26N4O3S. The second-order valence-electron chi connectivity index (χ2n) is 7.80. The van der Waals surface area contributed by atoms with Crippen LogP contribution in [-0.4, -0.2) is 55.1 Å². The zero-order valence-corrected chi connectivity index (χ0v) is 19.7. The fourth-order valence-electron chi connectivity index (χ4n) is 3.86. The summed E-state index contributed by atoms with van der Waals surface area (Å²) in [6.45, 7) is 2.64. The normalized spacial score (nSPS) is 13.2. The first kappa shape index (κ1) is 23.3. The minimum absolute atomic E-state index is 0.0492. The number of piperazine rings is 1. The number of amides is 2. The summed E-state index contributed by atoms with van der Waals surface area (Å²) in [5.41, 5.74) is 2.92. The van der Waals surface area contributed by atoms with Crippen LogP contribution >= 0.6 is 12.2 Å². The predicted octanol–water partition coefficient (Wildman–Crippen LogP) is 3.78. The van der Waals surface area contributed by atoms with Crippen LogP contribution in [0.5, 0.6) is 5.75 Å². The number of anilines is 2. The second kappa shape index (κ2) is 10.8. The van der Waals surface area contributed by atoms with Crippen molar-refractivity contribution in [2.24, 2.45) is 0 Å². The number of ether oxygens (including phenoxy) is 1. The zero-order valence-electron chi connectivity index (χ0n) is 18.9. The van der Waals surface area contributed by atoms with Crippen LogP contribution in [0.15, 0.2) is 78.9 Å². The number of carbonyl (C=O) groups is 2.